The second-order valence-electron chi connectivity index (χ2n) is 3.91. The van der Waals surface area contributed by atoms with Crippen LogP contribution < -0.4 is 10.5 Å². The minimum absolute atomic E-state index is 0.0456. The van der Waals surface area contributed by atoms with Crippen molar-refractivity contribution in [2.75, 3.05) is 0 Å². The molecule has 0 saturated heterocycles. The third kappa shape index (κ3) is 3.37. The molecule has 8 heteroatoms. The van der Waals surface area contributed by atoms with E-state index in [4.69, 9.17) is 10.3 Å². The molecule has 1 aromatic heterocycles. The number of nitrogens with one attached hydrogen (secondary N) is 1. The van der Waals surface area contributed by atoms with E-state index >= 15 is 0 Å². The van der Waals surface area contributed by atoms with Crippen LogP contribution in [0, 0.1) is 6.92 Å². The first-order valence-electron chi connectivity index (χ1n) is 5.59. The molecule has 0 unspecified atom stereocenters. The number of benzene rings is 1. The van der Waals surface area contributed by atoms with Gasteiger partial charge in [0.25, 0.3) is 0 Å². The first kappa shape index (κ1) is 13.7. The fourth-order valence-corrected chi connectivity index (χ4v) is 2.54. The minimum atomic E-state index is -3.62. The summed E-state index contributed by atoms with van der Waals surface area (Å²) in [6.45, 7) is 1.90. The molecule has 2 aromatic rings. The number of hydrogen-bond donors (Lipinski definition) is 2. The van der Waals surface area contributed by atoms with Crippen LogP contribution in [-0.4, -0.2) is 18.6 Å². The number of aryl methyl sites for hydroxylation is 1. The molecule has 7 nitrogen and oxygen atoms in total. The van der Waals surface area contributed by atoms with Gasteiger partial charge in [-0.3, -0.25) is 0 Å². The van der Waals surface area contributed by atoms with Crippen molar-refractivity contribution in [3.05, 3.63) is 41.5 Å². The molecule has 0 aliphatic heterocycles. The molecular formula is C11H14N4O3S. The fourth-order valence-electron chi connectivity index (χ4n) is 1.49. The smallest absolute Gasteiger partial charge is 0.241 e. The van der Waals surface area contributed by atoms with Crippen LogP contribution in [0.3, 0.4) is 0 Å². The summed E-state index contributed by atoms with van der Waals surface area (Å²) in [6.07, 6.45) is 0. The SMILES string of the molecule is Cc1noc(CNS(=O)(=O)c2cccc(CN)c2)n1. The average Bonchev–Trinajstić information content (AvgIpc) is 2.82. The third-order valence-corrected chi connectivity index (χ3v) is 3.83. The summed E-state index contributed by atoms with van der Waals surface area (Å²) in [6, 6.07) is 6.44. The molecule has 0 saturated carbocycles. The van der Waals surface area contributed by atoms with E-state index in [1.807, 2.05) is 0 Å². The van der Waals surface area contributed by atoms with Crippen molar-refractivity contribution < 1.29 is 12.9 Å². The van der Waals surface area contributed by atoms with Gasteiger partial charge in [-0.1, -0.05) is 17.3 Å². The standard InChI is InChI=1S/C11H14N4O3S/c1-8-14-11(18-15-8)7-13-19(16,17)10-4-2-3-9(5-10)6-12/h2-5,13H,6-7,12H2,1H3. The molecule has 1 heterocycles. The molecule has 19 heavy (non-hydrogen) atoms. The van der Waals surface area contributed by atoms with Crippen LogP contribution in [0.5, 0.6) is 0 Å². The zero-order valence-corrected chi connectivity index (χ0v) is 11.1. The lowest BCUT2D eigenvalue weighted by atomic mass is 10.2. The van der Waals surface area contributed by atoms with Gasteiger partial charge in [0.15, 0.2) is 5.82 Å². The summed E-state index contributed by atoms with van der Waals surface area (Å²) in [4.78, 5) is 4.08. The topological polar surface area (TPSA) is 111 Å². The van der Waals surface area contributed by atoms with Crippen LogP contribution >= 0.6 is 0 Å². The summed E-state index contributed by atoms with van der Waals surface area (Å²) < 4.78 is 31.3. The minimum Gasteiger partial charge on any atom is -0.338 e. The monoisotopic (exact) mass is 282 g/mol. The van der Waals surface area contributed by atoms with Crippen molar-refractivity contribution in [2.45, 2.75) is 24.9 Å². The van der Waals surface area contributed by atoms with Gasteiger partial charge in [0, 0.05) is 6.54 Å². The zero-order valence-electron chi connectivity index (χ0n) is 10.3. The van der Waals surface area contributed by atoms with Crippen LogP contribution in [-0.2, 0) is 23.1 Å². The van der Waals surface area contributed by atoms with E-state index in [1.165, 1.54) is 12.1 Å². The third-order valence-electron chi connectivity index (χ3n) is 2.43. The molecule has 0 radical (unpaired) electrons. The Labute approximate surface area is 110 Å². The van der Waals surface area contributed by atoms with Gasteiger partial charge in [-0.25, -0.2) is 13.1 Å². The van der Waals surface area contributed by atoms with Crippen molar-refractivity contribution >= 4 is 10.0 Å². The summed E-state index contributed by atoms with van der Waals surface area (Å²) >= 11 is 0. The van der Waals surface area contributed by atoms with E-state index in [1.54, 1.807) is 19.1 Å². The molecule has 0 amide bonds. The Morgan fingerprint density at radius 3 is 2.84 bits per heavy atom. The van der Waals surface area contributed by atoms with E-state index in [9.17, 15) is 8.42 Å². The number of nitrogens with two attached hydrogens (primary N) is 1. The Kier molecular flexibility index (Phi) is 3.93. The maximum absolute atomic E-state index is 12.0. The highest BCUT2D eigenvalue weighted by Crippen LogP contribution is 2.11. The molecule has 0 spiro atoms. The number of rotatable bonds is 5. The van der Waals surface area contributed by atoms with Crippen molar-refractivity contribution in [3.63, 3.8) is 0 Å². The maximum atomic E-state index is 12.0. The molecule has 0 atom stereocenters. The van der Waals surface area contributed by atoms with Crippen molar-refractivity contribution in [3.8, 4) is 0 Å². The van der Waals surface area contributed by atoms with Crippen LogP contribution in [0.1, 0.15) is 17.3 Å². The molecule has 3 N–H and O–H groups in total. The number of nitrogens with zero attached hydrogens (tertiary/aromatic N) is 2. The Bertz CT molecular complexity index is 666. The second kappa shape index (κ2) is 5.47. The number of sulfonamides is 1. The summed E-state index contributed by atoms with van der Waals surface area (Å²) in [5, 5.41) is 3.58. The quantitative estimate of drug-likeness (QED) is 0.816. The largest absolute Gasteiger partial charge is 0.338 e. The Morgan fingerprint density at radius 1 is 1.42 bits per heavy atom. The highest BCUT2D eigenvalue weighted by atomic mass is 32.2. The van der Waals surface area contributed by atoms with Gasteiger partial charge < -0.3 is 10.3 Å². The van der Waals surface area contributed by atoms with E-state index in [0.717, 1.165) is 5.56 Å². The lowest BCUT2D eigenvalue weighted by Gasteiger charge is -2.06. The number of hydrogen-bond acceptors (Lipinski definition) is 6. The fraction of sp³-hybridized carbons (Fsp3) is 0.273. The van der Waals surface area contributed by atoms with Gasteiger partial charge in [-0.05, 0) is 24.6 Å². The molecule has 102 valence electrons. The maximum Gasteiger partial charge on any atom is 0.241 e. The Hall–Kier alpha value is -1.77. The van der Waals surface area contributed by atoms with E-state index < -0.39 is 10.0 Å². The molecule has 0 fully saturated rings. The van der Waals surface area contributed by atoms with Crippen LogP contribution in [0.15, 0.2) is 33.7 Å². The van der Waals surface area contributed by atoms with Gasteiger partial charge in [0.1, 0.15) is 0 Å². The second-order valence-corrected chi connectivity index (χ2v) is 5.68. The van der Waals surface area contributed by atoms with Gasteiger partial charge in [-0.15, -0.1) is 0 Å². The average molecular weight is 282 g/mol. The Morgan fingerprint density at radius 2 is 2.21 bits per heavy atom. The molecule has 0 bridgehead atoms. The summed E-state index contributed by atoms with van der Waals surface area (Å²) in [5.41, 5.74) is 6.23. The van der Waals surface area contributed by atoms with E-state index in [-0.39, 0.29) is 23.9 Å². The predicted octanol–water partition coefficient (Wildman–Crippen LogP) is 0.315. The van der Waals surface area contributed by atoms with Crippen LogP contribution in [0.25, 0.3) is 0 Å². The highest BCUT2D eigenvalue weighted by molar-refractivity contribution is 7.89. The van der Waals surface area contributed by atoms with Crippen molar-refractivity contribution in [2.24, 2.45) is 5.73 Å². The molecule has 2 rings (SSSR count). The van der Waals surface area contributed by atoms with E-state index in [0.29, 0.717) is 5.82 Å². The van der Waals surface area contributed by atoms with Gasteiger partial charge >= 0.3 is 0 Å². The van der Waals surface area contributed by atoms with Gasteiger partial charge in [0.05, 0.1) is 11.4 Å². The summed E-state index contributed by atoms with van der Waals surface area (Å²) in [7, 11) is -3.62. The van der Waals surface area contributed by atoms with Crippen molar-refractivity contribution in [1.29, 1.82) is 0 Å². The summed E-state index contributed by atoms with van der Waals surface area (Å²) in [5.74, 6) is 0.676. The van der Waals surface area contributed by atoms with E-state index in [2.05, 4.69) is 14.9 Å². The van der Waals surface area contributed by atoms with Gasteiger partial charge in [-0.2, -0.15) is 4.98 Å². The number of aromatic nitrogens is 2. The molecule has 1 aromatic carbocycles. The molecule has 0 aliphatic carbocycles. The lowest BCUT2D eigenvalue weighted by molar-refractivity contribution is 0.372. The normalized spacial score (nSPS) is 11.7. The van der Waals surface area contributed by atoms with Crippen LogP contribution in [0.4, 0.5) is 0 Å². The molecular weight excluding hydrogens is 268 g/mol. The zero-order chi connectivity index (χ0) is 13.9. The lowest BCUT2D eigenvalue weighted by Crippen LogP contribution is -2.23. The van der Waals surface area contributed by atoms with Gasteiger partial charge in [0.2, 0.25) is 15.9 Å². The molecule has 0 aliphatic rings. The first-order chi connectivity index (χ1) is 9.01. The predicted molar refractivity (Wildman–Crippen MR) is 67.4 cm³/mol. The first-order valence-corrected chi connectivity index (χ1v) is 7.07. The Balaban J connectivity index is 2.13. The highest BCUT2D eigenvalue weighted by Gasteiger charge is 2.15. The van der Waals surface area contributed by atoms with Crippen molar-refractivity contribution in [1.82, 2.24) is 14.9 Å². The van der Waals surface area contributed by atoms with Crippen LogP contribution in [0.2, 0.25) is 0 Å².